The highest BCUT2D eigenvalue weighted by Gasteiger charge is 2.13. The van der Waals surface area contributed by atoms with E-state index in [1.54, 1.807) is 79.7 Å². The Morgan fingerprint density at radius 2 is 1.58 bits per heavy atom. The summed E-state index contributed by atoms with van der Waals surface area (Å²) in [5.74, 6) is 0.0884. The first-order valence-electron chi connectivity index (χ1n) is 9.23. The zero-order valence-corrected chi connectivity index (χ0v) is 18.8. The van der Waals surface area contributed by atoms with Gasteiger partial charge in [-0.1, -0.05) is 27.5 Å². The topological polar surface area (TPSA) is 77.0 Å². The second kappa shape index (κ2) is 10.7. The van der Waals surface area contributed by atoms with Crippen LogP contribution < -0.4 is 14.9 Å². The van der Waals surface area contributed by atoms with Crippen LogP contribution in [0.5, 0.6) is 11.5 Å². The molecule has 1 atom stereocenters. The molecule has 3 aromatic carbocycles. The number of amides is 1. The van der Waals surface area contributed by atoms with Crippen molar-refractivity contribution in [3.05, 3.63) is 93.4 Å². The van der Waals surface area contributed by atoms with Gasteiger partial charge in [0.1, 0.15) is 11.5 Å². The molecule has 0 saturated heterocycles. The normalized spacial score (nSPS) is 11.7. The Bertz CT molecular complexity index is 1070. The van der Waals surface area contributed by atoms with Gasteiger partial charge in [-0.15, -0.1) is 0 Å². The largest absolute Gasteiger partial charge is 0.481 e. The highest BCUT2D eigenvalue weighted by Crippen LogP contribution is 2.17. The SMILES string of the molecule is C[C@H](Oc1ccc(Cl)cc1)C(=O)N/N=C\c1ccc(OC(=O)c2ccc(Br)cc2)cc1. The van der Waals surface area contributed by atoms with Crippen molar-refractivity contribution in [3.63, 3.8) is 0 Å². The van der Waals surface area contributed by atoms with E-state index in [2.05, 4.69) is 26.5 Å². The average molecular weight is 502 g/mol. The van der Waals surface area contributed by atoms with Crippen LogP contribution in [0.3, 0.4) is 0 Å². The number of benzene rings is 3. The fourth-order valence-corrected chi connectivity index (χ4v) is 2.80. The van der Waals surface area contributed by atoms with Crippen LogP contribution in [0, 0.1) is 0 Å². The van der Waals surface area contributed by atoms with Gasteiger partial charge in [0.15, 0.2) is 6.10 Å². The first-order chi connectivity index (χ1) is 14.9. The molecule has 31 heavy (non-hydrogen) atoms. The summed E-state index contributed by atoms with van der Waals surface area (Å²) < 4.78 is 11.8. The molecule has 158 valence electrons. The minimum absolute atomic E-state index is 0.397. The van der Waals surface area contributed by atoms with Crippen molar-refractivity contribution in [3.8, 4) is 11.5 Å². The third-order valence-electron chi connectivity index (χ3n) is 4.05. The molecule has 3 aromatic rings. The third-order valence-corrected chi connectivity index (χ3v) is 4.84. The van der Waals surface area contributed by atoms with E-state index >= 15 is 0 Å². The number of nitrogens with zero attached hydrogens (tertiary/aromatic N) is 1. The fraction of sp³-hybridized carbons (Fsp3) is 0.0870. The van der Waals surface area contributed by atoms with Gasteiger partial charge in [-0.2, -0.15) is 5.10 Å². The van der Waals surface area contributed by atoms with Gasteiger partial charge < -0.3 is 9.47 Å². The van der Waals surface area contributed by atoms with Gasteiger partial charge in [-0.05, 0) is 85.3 Å². The second-order valence-corrected chi connectivity index (χ2v) is 7.77. The average Bonchev–Trinajstić information content (AvgIpc) is 2.77. The smallest absolute Gasteiger partial charge is 0.343 e. The summed E-state index contributed by atoms with van der Waals surface area (Å²) in [6.45, 7) is 1.62. The Morgan fingerprint density at radius 3 is 2.23 bits per heavy atom. The Balaban J connectivity index is 1.49. The van der Waals surface area contributed by atoms with Crippen LogP contribution in [0.15, 0.2) is 82.4 Å². The summed E-state index contributed by atoms with van der Waals surface area (Å²) in [6, 6.07) is 20.3. The molecule has 0 heterocycles. The Kier molecular flexibility index (Phi) is 7.81. The first-order valence-corrected chi connectivity index (χ1v) is 10.4. The highest BCUT2D eigenvalue weighted by atomic mass is 79.9. The molecule has 1 N–H and O–H groups in total. The number of esters is 1. The lowest BCUT2D eigenvalue weighted by atomic mass is 10.2. The molecule has 0 fully saturated rings. The minimum Gasteiger partial charge on any atom is -0.481 e. The number of hydrogen-bond donors (Lipinski definition) is 1. The third kappa shape index (κ3) is 6.94. The maximum Gasteiger partial charge on any atom is 0.343 e. The van der Waals surface area contributed by atoms with E-state index in [1.165, 1.54) is 6.21 Å². The summed E-state index contributed by atoms with van der Waals surface area (Å²) >= 11 is 9.15. The number of halogens is 2. The summed E-state index contributed by atoms with van der Waals surface area (Å²) in [6.07, 6.45) is 0.742. The fourth-order valence-electron chi connectivity index (χ4n) is 2.41. The Morgan fingerprint density at radius 1 is 0.968 bits per heavy atom. The van der Waals surface area contributed by atoms with Gasteiger partial charge in [0.25, 0.3) is 5.91 Å². The summed E-state index contributed by atoms with van der Waals surface area (Å²) in [5, 5.41) is 4.51. The van der Waals surface area contributed by atoms with E-state index < -0.39 is 18.0 Å². The molecule has 1 amide bonds. The predicted molar refractivity (Wildman–Crippen MR) is 123 cm³/mol. The molecule has 0 saturated carbocycles. The molecule has 0 radical (unpaired) electrons. The van der Waals surface area contributed by atoms with E-state index in [1.807, 2.05) is 0 Å². The van der Waals surface area contributed by atoms with Crippen LogP contribution >= 0.6 is 27.5 Å². The van der Waals surface area contributed by atoms with E-state index in [-0.39, 0.29) is 0 Å². The van der Waals surface area contributed by atoms with Gasteiger partial charge in [0.05, 0.1) is 11.8 Å². The first kappa shape index (κ1) is 22.5. The second-order valence-electron chi connectivity index (χ2n) is 6.41. The molecular formula is C23H18BrClN2O4. The van der Waals surface area contributed by atoms with Gasteiger partial charge in [0, 0.05) is 9.50 Å². The molecule has 0 aliphatic rings. The lowest BCUT2D eigenvalue weighted by molar-refractivity contribution is -0.127. The number of nitrogens with one attached hydrogen (secondary N) is 1. The zero-order chi connectivity index (χ0) is 22.2. The van der Waals surface area contributed by atoms with Gasteiger partial charge in [-0.3, -0.25) is 4.79 Å². The van der Waals surface area contributed by atoms with E-state index in [0.717, 1.165) is 10.0 Å². The zero-order valence-electron chi connectivity index (χ0n) is 16.4. The lowest BCUT2D eigenvalue weighted by Gasteiger charge is -2.12. The molecule has 0 aromatic heterocycles. The van der Waals surface area contributed by atoms with Crippen LogP contribution in [-0.2, 0) is 4.79 Å². The highest BCUT2D eigenvalue weighted by molar-refractivity contribution is 9.10. The number of carbonyl (C=O) groups is 2. The molecule has 0 aliphatic heterocycles. The number of hydrazone groups is 1. The minimum atomic E-state index is -0.737. The van der Waals surface area contributed by atoms with Crippen LogP contribution in [-0.4, -0.2) is 24.2 Å². The molecule has 0 aliphatic carbocycles. The quantitative estimate of drug-likeness (QED) is 0.208. The molecular weight excluding hydrogens is 484 g/mol. The van der Waals surface area contributed by atoms with Crippen molar-refractivity contribution in [1.82, 2.24) is 5.43 Å². The summed E-state index contributed by atoms with van der Waals surface area (Å²) in [4.78, 5) is 24.2. The number of carbonyl (C=O) groups excluding carboxylic acids is 2. The predicted octanol–water partition coefficient (Wildman–Crippen LogP) is 5.24. The summed E-state index contributed by atoms with van der Waals surface area (Å²) in [7, 11) is 0. The van der Waals surface area contributed by atoms with Crippen LogP contribution in [0.25, 0.3) is 0 Å². The van der Waals surface area contributed by atoms with Crippen molar-refractivity contribution >= 4 is 45.6 Å². The number of ether oxygens (including phenoxy) is 2. The molecule has 3 rings (SSSR count). The van der Waals surface area contributed by atoms with Crippen molar-refractivity contribution < 1.29 is 19.1 Å². The maximum atomic E-state index is 12.1. The van der Waals surface area contributed by atoms with E-state index in [4.69, 9.17) is 21.1 Å². The van der Waals surface area contributed by atoms with E-state index in [9.17, 15) is 9.59 Å². The lowest BCUT2D eigenvalue weighted by Crippen LogP contribution is -2.33. The van der Waals surface area contributed by atoms with Crippen molar-refractivity contribution in [2.45, 2.75) is 13.0 Å². The molecule has 0 unspecified atom stereocenters. The molecule has 8 heteroatoms. The van der Waals surface area contributed by atoms with Gasteiger partial charge in [0.2, 0.25) is 0 Å². The van der Waals surface area contributed by atoms with Crippen LogP contribution in [0.2, 0.25) is 5.02 Å². The summed E-state index contributed by atoms with van der Waals surface area (Å²) in [5.41, 5.74) is 3.59. The van der Waals surface area contributed by atoms with Crippen molar-refractivity contribution in [1.29, 1.82) is 0 Å². The Hall–Kier alpha value is -3.16. The van der Waals surface area contributed by atoms with Crippen molar-refractivity contribution in [2.24, 2.45) is 5.10 Å². The van der Waals surface area contributed by atoms with Crippen LogP contribution in [0.1, 0.15) is 22.8 Å². The standard InChI is InChI=1S/C23H18BrClN2O4/c1-15(30-20-12-8-19(25)9-13-20)22(28)27-26-14-16-2-10-21(11-3-16)31-23(29)17-4-6-18(24)7-5-17/h2-15H,1H3,(H,27,28)/b26-14-/t15-/m0/s1. The number of rotatable bonds is 7. The van der Waals surface area contributed by atoms with Crippen LogP contribution in [0.4, 0.5) is 0 Å². The number of hydrogen-bond acceptors (Lipinski definition) is 5. The maximum absolute atomic E-state index is 12.1. The van der Waals surface area contributed by atoms with Crippen molar-refractivity contribution in [2.75, 3.05) is 0 Å². The Labute approximate surface area is 193 Å². The van der Waals surface area contributed by atoms with Gasteiger partial charge in [-0.25, -0.2) is 10.2 Å². The molecule has 0 bridgehead atoms. The van der Waals surface area contributed by atoms with E-state index in [0.29, 0.717) is 22.1 Å². The molecule has 0 spiro atoms. The van der Waals surface area contributed by atoms with Gasteiger partial charge >= 0.3 is 5.97 Å². The monoisotopic (exact) mass is 500 g/mol. The molecule has 6 nitrogen and oxygen atoms in total.